The van der Waals surface area contributed by atoms with Crippen LogP contribution in [-0.4, -0.2) is 60.9 Å². The van der Waals surface area contributed by atoms with Crippen LogP contribution in [-0.2, 0) is 9.59 Å². The normalized spacial score (nSPS) is 16.9. The molecule has 2 aliphatic rings. The molecule has 2 aromatic rings. The molecule has 2 aromatic carbocycles. The number of para-hydroxylation sites is 1. The van der Waals surface area contributed by atoms with Gasteiger partial charge in [0.1, 0.15) is 11.4 Å². The van der Waals surface area contributed by atoms with E-state index in [1.807, 2.05) is 49.4 Å². The first kappa shape index (κ1) is 20.7. The summed E-state index contributed by atoms with van der Waals surface area (Å²) in [7, 11) is 0. The number of piperazine rings is 1. The third-order valence-electron chi connectivity index (χ3n) is 5.63. The lowest BCUT2D eigenvalue weighted by molar-refractivity contribution is -0.136. The third kappa shape index (κ3) is 4.06. The number of ether oxygens (including phenoxy) is 1. The molecule has 4 rings (SSSR count). The number of carbonyl (C=O) groups is 2. The number of nitrogens with zero attached hydrogens (tertiary/aromatic N) is 3. The Morgan fingerprint density at radius 3 is 2.16 bits per heavy atom. The molecule has 0 aromatic heterocycles. The second kappa shape index (κ2) is 9.08. The number of rotatable bonds is 7. The Hall–Kier alpha value is -3.54. The number of benzene rings is 2. The number of hydrogen-bond donors (Lipinski definition) is 0. The van der Waals surface area contributed by atoms with Crippen LogP contribution in [0, 0.1) is 0 Å². The Morgan fingerprint density at radius 1 is 0.903 bits per heavy atom. The summed E-state index contributed by atoms with van der Waals surface area (Å²) in [6.07, 6.45) is 1.59. The zero-order chi connectivity index (χ0) is 21.8. The van der Waals surface area contributed by atoms with Crippen LogP contribution >= 0.6 is 0 Å². The molecule has 2 aliphatic heterocycles. The van der Waals surface area contributed by atoms with E-state index >= 15 is 0 Å². The van der Waals surface area contributed by atoms with E-state index in [1.165, 1.54) is 10.6 Å². The van der Waals surface area contributed by atoms with Gasteiger partial charge in [-0.2, -0.15) is 0 Å². The average molecular weight is 418 g/mol. The number of carbonyl (C=O) groups excluding carboxylic acids is 2. The summed E-state index contributed by atoms with van der Waals surface area (Å²) < 4.78 is 5.52. The fraction of sp³-hybridized carbons (Fsp3) is 0.280. The second-order valence-electron chi connectivity index (χ2n) is 7.50. The SMILES string of the molecule is C=CCN1C(=O)C(c2ccc(OCC)cc2)=C(N2CCN(c3ccccc3)CC2)C1=O. The van der Waals surface area contributed by atoms with Gasteiger partial charge < -0.3 is 14.5 Å². The quantitative estimate of drug-likeness (QED) is 0.512. The van der Waals surface area contributed by atoms with Gasteiger partial charge in [0.2, 0.25) is 0 Å². The van der Waals surface area contributed by atoms with Crippen molar-refractivity contribution < 1.29 is 14.3 Å². The molecule has 6 nitrogen and oxygen atoms in total. The highest BCUT2D eigenvalue weighted by atomic mass is 16.5. The summed E-state index contributed by atoms with van der Waals surface area (Å²) in [5.74, 6) is 0.223. The van der Waals surface area contributed by atoms with Crippen LogP contribution in [0.4, 0.5) is 5.69 Å². The maximum absolute atomic E-state index is 13.2. The average Bonchev–Trinajstić information content (AvgIpc) is 3.06. The molecule has 31 heavy (non-hydrogen) atoms. The monoisotopic (exact) mass is 417 g/mol. The van der Waals surface area contributed by atoms with Gasteiger partial charge in [-0.25, -0.2) is 0 Å². The number of imide groups is 1. The van der Waals surface area contributed by atoms with Gasteiger partial charge in [0.25, 0.3) is 11.8 Å². The van der Waals surface area contributed by atoms with E-state index in [0.29, 0.717) is 31.0 Å². The highest BCUT2D eigenvalue weighted by molar-refractivity contribution is 6.35. The van der Waals surface area contributed by atoms with E-state index in [-0.39, 0.29) is 18.4 Å². The van der Waals surface area contributed by atoms with Crippen molar-refractivity contribution in [3.8, 4) is 5.75 Å². The number of amides is 2. The van der Waals surface area contributed by atoms with Gasteiger partial charge in [-0.15, -0.1) is 6.58 Å². The Labute approximate surface area is 183 Å². The lowest BCUT2D eigenvalue weighted by Crippen LogP contribution is -2.47. The lowest BCUT2D eigenvalue weighted by atomic mass is 10.0. The van der Waals surface area contributed by atoms with Crippen LogP contribution in [0.1, 0.15) is 12.5 Å². The fourth-order valence-electron chi connectivity index (χ4n) is 4.12. The first-order valence-corrected chi connectivity index (χ1v) is 10.6. The molecular weight excluding hydrogens is 390 g/mol. The maximum atomic E-state index is 13.2. The molecule has 0 spiro atoms. The zero-order valence-corrected chi connectivity index (χ0v) is 17.8. The minimum Gasteiger partial charge on any atom is -0.494 e. The van der Waals surface area contributed by atoms with E-state index in [9.17, 15) is 9.59 Å². The smallest absolute Gasteiger partial charge is 0.278 e. The van der Waals surface area contributed by atoms with Gasteiger partial charge in [0.15, 0.2) is 0 Å². The molecule has 0 bridgehead atoms. The van der Waals surface area contributed by atoms with E-state index in [2.05, 4.69) is 28.5 Å². The van der Waals surface area contributed by atoms with Gasteiger partial charge in [0, 0.05) is 38.4 Å². The molecule has 160 valence electrons. The molecule has 2 heterocycles. The standard InChI is InChI=1S/C25H27N3O3/c1-3-14-28-24(29)22(19-10-12-21(13-11-19)31-4-2)23(25(28)30)27-17-15-26(16-18-27)20-8-6-5-7-9-20/h3,5-13H,1,4,14-18H2,2H3. The molecule has 0 unspecified atom stereocenters. The topological polar surface area (TPSA) is 53.1 Å². The lowest BCUT2D eigenvalue weighted by Gasteiger charge is -2.37. The first-order valence-electron chi connectivity index (χ1n) is 10.6. The van der Waals surface area contributed by atoms with Crippen LogP contribution < -0.4 is 9.64 Å². The van der Waals surface area contributed by atoms with Gasteiger partial charge in [0.05, 0.1) is 12.2 Å². The van der Waals surface area contributed by atoms with E-state index in [1.54, 1.807) is 6.08 Å². The van der Waals surface area contributed by atoms with Gasteiger partial charge >= 0.3 is 0 Å². The molecule has 1 saturated heterocycles. The van der Waals surface area contributed by atoms with Crippen molar-refractivity contribution in [2.75, 3.05) is 44.2 Å². The maximum Gasteiger partial charge on any atom is 0.278 e. The van der Waals surface area contributed by atoms with Gasteiger partial charge in [-0.3, -0.25) is 14.5 Å². The Morgan fingerprint density at radius 2 is 1.55 bits per heavy atom. The largest absolute Gasteiger partial charge is 0.494 e. The molecule has 0 radical (unpaired) electrons. The predicted molar refractivity (Wildman–Crippen MR) is 122 cm³/mol. The van der Waals surface area contributed by atoms with Crippen molar-refractivity contribution in [3.63, 3.8) is 0 Å². The van der Waals surface area contributed by atoms with Gasteiger partial charge in [-0.1, -0.05) is 36.4 Å². The summed E-state index contributed by atoms with van der Waals surface area (Å²) in [4.78, 5) is 32.0. The van der Waals surface area contributed by atoms with Crippen LogP contribution in [0.25, 0.3) is 5.57 Å². The third-order valence-corrected chi connectivity index (χ3v) is 5.63. The molecule has 0 aliphatic carbocycles. The molecule has 1 fully saturated rings. The van der Waals surface area contributed by atoms with E-state index in [0.717, 1.165) is 24.4 Å². The summed E-state index contributed by atoms with van der Waals surface area (Å²) in [5.41, 5.74) is 2.85. The summed E-state index contributed by atoms with van der Waals surface area (Å²) in [6, 6.07) is 17.6. The molecule has 0 atom stereocenters. The predicted octanol–water partition coefficient (Wildman–Crippen LogP) is 3.17. The minimum atomic E-state index is -0.269. The van der Waals surface area contributed by atoms with E-state index < -0.39 is 0 Å². The van der Waals surface area contributed by atoms with Crippen molar-refractivity contribution in [3.05, 3.63) is 78.5 Å². The minimum absolute atomic E-state index is 0.200. The molecule has 0 N–H and O–H groups in total. The highest BCUT2D eigenvalue weighted by Gasteiger charge is 2.41. The van der Waals surface area contributed by atoms with Crippen molar-refractivity contribution >= 4 is 23.1 Å². The Kier molecular flexibility index (Phi) is 6.07. The number of hydrogen-bond acceptors (Lipinski definition) is 5. The van der Waals surface area contributed by atoms with E-state index in [4.69, 9.17) is 4.74 Å². The van der Waals surface area contributed by atoms with Crippen molar-refractivity contribution in [2.24, 2.45) is 0 Å². The summed E-state index contributed by atoms with van der Waals surface area (Å²) in [6.45, 7) is 9.32. The van der Waals surface area contributed by atoms with Crippen LogP contribution in [0.2, 0.25) is 0 Å². The molecule has 6 heteroatoms. The van der Waals surface area contributed by atoms with Crippen LogP contribution in [0.5, 0.6) is 5.75 Å². The Bertz CT molecular complexity index is 990. The fourth-order valence-corrected chi connectivity index (χ4v) is 4.12. The Balaban J connectivity index is 1.63. The number of anilines is 1. The van der Waals surface area contributed by atoms with Crippen molar-refractivity contribution in [1.82, 2.24) is 9.80 Å². The van der Waals surface area contributed by atoms with Crippen LogP contribution in [0.15, 0.2) is 72.9 Å². The van der Waals surface area contributed by atoms with Crippen LogP contribution in [0.3, 0.4) is 0 Å². The zero-order valence-electron chi connectivity index (χ0n) is 17.8. The first-order chi connectivity index (χ1) is 15.1. The summed E-state index contributed by atoms with van der Waals surface area (Å²) >= 11 is 0. The van der Waals surface area contributed by atoms with Crippen molar-refractivity contribution in [1.29, 1.82) is 0 Å². The summed E-state index contributed by atoms with van der Waals surface area (Å²) in [5, 5.41) is 0. The highest BCUT2D eigenvalue weighted by Crippen LogP contribution is 2.33. The van der Waals surface area contributed by atoms with Crippen molar-refractivity contribution in [2.45, 2.75) is 6.92 Å². The molecule has 2 amide bonds. The molecular formula is C25H27N3O3. The second-order valence-corrected chi connectivity index (χ2v) is 7.50. The van der Waals surface area contributed by atoms with Gasteiger partial charge in [-0.05, 0) is 36.8 Å². The molecule has 0 saturated carbocycles.